The molecule has 0 aromatic rings. The van der Waals surface area contributed by atoms with Crippen LogP contribution in [0.2, 0.25) is 0 Å². The van der Waals surface area contributed by atoms with Crippen molar-refractivity contribution in [1.82, 2.24) is 10.2 Å². The molecule has 1 saturated heterocycles. The Morgan fingerprint density at radius 3 is 2.60 bits per heavy atom. The van der Waals surface area contributed by atoms with Gasteiger partial charge in [-0.1, -0.05) is 13.0 Å². The summed E-state index contributed by atoms with van der Waals surface area (Å²) in [4.78, 5) is 2.64. The summed E-state index contributed by atoms with van der Waals surface area (Å²) in [6, 6.07) is 0.870. The minimum atomic E-state index is 0.539. The van der Waals surface area contributed by atoms with Crippen molar-refractivity contribution in [2.24, 2.45) is 5.41 Å². The van der Waals surface area contributed by atoms with Gasteiger partial charge in [-0.25, -0.2) is 0 Å². The molecule has 15 heavy (non-hydrogen) atoms. The number of hydrogen-bond acceptors (Lipinski definition) is 2. The zero-order valence-corrected chi connectivity index (χ0v) is 9.97. The Hall–Kier alpha value is -0.340. The van der Waals surface area contributed by atoms with E-state index in [0.717, 1.165) is 12.6 Å². The number of rotatable bonds is 5. The van der Waals surface area contributed by atoms with Gasteiger partial charge in [0.05, 0.1) is 0 Å². The zero-order chi connectivity index (χ0) is 10.7. The maximum Gasteiger partial charge on any atom is 0.0163 e. The molecule has 2 rings (SSSR count). The highest BCUT2D eigenvalue weighted by molar-refractivity contribution is 4.93. The van der Waals surface area contributed by atoms with Crippen molar-refractivity contribution in [1.29, 1.82) is 0 Å². The zero-order valence-electron chi connectivity index (χ0n) is 9.97. The van der Waals surface area contributed by atoms with Crippen molar-refractivity contribution in [3.8, 4) is 0 Å². The molecule has 1 aliphatic carbocycles. The van der Waals surface area contributed by atoms with Crippen LogP contribution in [0.3, 0.4) is 0 Å². The molecule has 0 aromatic heterocycles. The maximum absolute atomic E-state index is 3.87. The Labute approximate surface area is 93.7 Å². The fourth-order valence-corrected chi connectivity index (χ4v) is 2.63. The van der Waals surface area contributed by atoms with Gasteiger partial charge in [0, 0.05) is 19.1 Å². The topological polar surface area (TPSA) is 15.3 Å². The van der Waals surface area contributed by atoms with E-state index in [1.807, 2.05) is 0 Å². The van der Waals surface area contributed by atoms with E-state index in [1.54, 1.807) is 0 Å². The lowest BCUT2D eigenvalue weighted by atomic mass is 9.80. The third kappa shape index (κ3) is 3.05. The van der Waals surface area contributed by atoms with Gasteiger partial charge < -0.3 is 5.32 Å². The van der Waals surface area contributed by atoms with Gasteiger partial charge in [-0.2, -0.15) is 0 Å². The lowest BCUT2D eigenvalue weighted by Gasteiger charge is -2.38. The van der Waals surface area contributed by atoms with E-state index >= 15 is 0 Å². The van der Waals surface area contributed by atoms with Gasteiger partial charge >= 0.3 is 0 Å². The van der Waals surface area contributed by atoms with E-state index < -0.39 is 0 Å². The van der Waals surface area contributed by atoms with Gasteiger partial charge in [-0.3, -0.25) is 4.90 Å². The minimum absolute atomic E-state index is 0.539. The van der Waals surface area contributed by atoms with Crippen LogP contribution in [0.5, 0.6) is 0 Å². The van der Waals surface area contributed by atoms with Crippen LogP contribution in [-0.2, 0) is 0 Å². The number of hydrogen-bond donors (Lipinski definition) is 1. The Morgan fingerprint density at radius 1 is 1.40 bits per heavy atom. The average Bonchev–Trinajstić information content (AvgIpc) is 3.01. The molecule has 2 aliphatic rings. The molecule has 0 radical (unpaired) electrons. The number of nitrogens with zero attached hydrogens (tertiary/aromatic N) is 1. The Kier molecular flexibility index (Phi) is 3.47. The minimum Gasteiger partial charge on any atom is -0.317 e. The molecule has 0 unspecified atom stereocenters. The van der Waals surface area contributed by atoms with Gasteiger partial charge in [0.1, 0.15) is 0 Å². The summed E-state index contributed by atoms with van der Waals surface area (Å²) in [6.45, 7) is 11.1. The molecule has 1 heterocycles. The van der Waals surface area contributed by atoms with Crippen molar-refractivity contribution < 1.29 is 0 Å². The second-order valence-corrected chi connectivity index (χ2v) is 5.51. The molecule has 0 aromatic carbocycles. The quantitative estimate of drug-likeness (QED) is 0.695. The van der Waals surface area contributed by atoms with Gasteiger partial charge in [0.15, 0.2) is 0 Å². The van der Waals surface area contributed by atoms with Crippen molar-refractivity contribution in [2.75, 3.05) is 26.2 Å². The fraction of sp³-hybridized carbons (Fsp3) is 0.846. The molecule has 0 bridgehead atoms. The lowest BCUT2D eigenvalue weighted by Crippen LogP contribution is -2.43. The molecular formula is C13H24N2. The van der Waals surface area contributed by atoms with E-state index in [1.165, 1.54) is 45.3 Å². The second kappa shape index (κ2) is 4.67. The summed E-state index contributed by atoms with van der Waals surface area (Å²) in [5, 5.41) is 3.45. The smallest absolute Gasteiger partial charge is 0.0163 e. The van der Waals surface area contributed by atoms with E-state index in [2.05, 4.69) is 29.8 Å². The highest BCUT2D eigenvalue weighted by atomic mass is 15.2. The molecule has 86 valence electrons. The standard InChI is InChI=1S/C13H24N2/c1-3-10-15(12-4-5-12)11-13(2)6-8-14-9-7-13/h3,12,14H,1,4-11H2,2H3. The van der Waals surface area contributed by atoms with Crippen LogP contribution in [0.4, 0.5) is 0 Å². The highest BCUT2D eigenvalue weighted by Gasteiger charge is 2.34. The predicted molar refractivity (Wildman–Crippen MR) is 65.0 cm³/mol. The number of piperidine rings is 1. The fourth-order valence-electron chi connectivity index (χ4n) is 2.63. The van der Waals surface area contributed by atoms with Gasteiger partial charge in [-0.05, 0) is 44.2 Å². The van der Waals surface area contributed by atoms with Gasteiger partial charge in [0.25, 0.3) is 0 Å². The predicted octanol–water partition coefficient (Wildman–Crippen LogP) is 2.03. The van der Waals surface area contributed by atoms with Gasteiger partial charge in [0.2, 0.25) is 0 Å². The monoisotopic (exact) mass is 208 g/mol. The highest BCUT2D eigenvalue weighted by Crippen LogP contribution is 2.34. The summed E-state index contributed by atoms with van der Waals surface area (Å²) in [5.74, 6) is 0. The van der Waals surface area contributed by atoms with Crippen molar-refractivity contribution >= 4 is 0 Å². The summed E-state index contributed by atoms with van der Waals surface area (Å²) < 4.78 is 0. The van der Waals surface area contributed by atoms with Crippen LogP contribution < -0.4 is 5.32 Å². The molecule has 0 atom stereocenters. The third-order valence-electron chi connectivity index (χ3n) is 3.82. The van der Waals surface area contributed by atoms with Crippen LogP contribution in [0.15, 0.2) is 12.7 Å². The molecule has 0 spiro atoms. The SMILES string of the molecule is C=CCN(CC1(C)CCNCC1)C1CC1. The summed E-state index contributed by atoms with van der Waals surface area (Å²) in [7, 11) is 0. The maximum atomic E-state index is 3.87. The lowest BCUT2D eigenvalue weighted by molar-refractivity contribution is 0.132. The molecule has 2 heteroatoms. The first-order valence-corrected chi connectivity index (χ1v) is 6.29. The molecule has 0 amide bonds. The van der Waals surface area contributed by atoms with Gasteiger partial charge in [-0.15, -0.1) is 6.58 Å². The molecular weight excluding hydrogens is 184 g/mol. The van der Waals surface area contributed by atoms with Crippen molar-refractivity contribution in [3.63, 3.8) is 0 Å². The van der Waals surface area contributed by atoms with Crippen LogP contribution in [0.1, 0.15) is 32.6 Å². The molecule has 1 aliphatic heterocycles. The number of nitrogens with one attached hydrogen (secondary N) is 1. The Morgan fingerprint density at radius 2 is 2.07 bits per heavy atom. The first-order valence-electron chi connectivity index (χ1n) is 6.29. The first-order chi connectivity index (χ1) is 7.23. The largest absolute Gasteiger partial charge is 0.317 e. The molecule has 1 N–H and O–H groups in total. The third-order valence-corrected chi connectivity index (χ3v) is 3.82. The van der Waals surface area contributed by atoms with E-state index in [4.69, 9.17) is 0 Å². The van der Waals surface area contributed by atoms with Crippen LogP contribution in [0.25, 0.3) is 0 Å². The molecule has 2 fully saturated rings. The normalized spacial score (nSPS) is 25.5. The van der Waals surface area contributed by atoms with Crippen LogP contribution in [-0.4, -0.2) is 37.1 Å². The van der Waals surface area contributed by atoms with Crippen molar-refractivity contribution in [3.05, 3.63) is 12.7 Å². The second-order valence-electron chi connectivity index (χ2n) is 5.51. The Balaban J connectivity index is 1.88. The first kappa shape index (κ1) is 11.2. The molecule has 2 nitrogen and oxygen atoms in total. The van der Waals surface area contributed by atoms with Crippen LogP contribution in [0, 0.1) is 5.41 Å². The average molecular weight is 208 g/mol. The van der Waals surface area contributed by atoms with E-state index in [9.17, 15) is 0 Å². The summed E-state index contributed by atoms with van der Waals surface area (Å²) in [5.41, 5.74) is 0.539. The van der Waals surface area contributed by atoms with Crippen LogP contribution >= 0.6 is 0 Å². The Bertz CT molecular complexity index is 215. The van der Waals surface area contributed by atoms with Crippen molar-refractivity contribution in [2.45, 2.75) is 38.6 Å². The van der Waals surface area contributed by atoms with E-state index in [0.29, 0.717) is 5.41 Å². The summed E-state index contributed by atoms with van der Waals surface area (Å²) >= 11 is 0. The van der Waals surface area contributed by atoms with E-state index in [-0.39, 0.29) is 0 Å². The summed E-state index contributed by atoms with van der Waals surface area (Å²) in [6.07, 6.45) is 7.52. The molecule has 1 saturated carbocycles.